The second-order valence-electron chi connectivity index (χ2n) is 4.39. The number of amides is 1. The zero-order chi connectivity index (χ0) is 13.0. The van der Waals surface area contributed by atoms with E-state index in [2.05, 4.69) is 31.2 Å². The predicted octanol–water partition coefficient (Wildman–Crippen LogP) is 1.97. The highest BCUT2D eigenvalue weighted by molar-refractivity contribution is 9.10. The van der Waals surface area contributed by atoms with E-state index in [1.807, 2.05) is 17.9 Å². The first-order valence-corrected chi connectivity index (χ1v) is 6.97. The highest BCUT2D eigenvalue weighted by Gasteiger charge is 2.16. The van der Waals surface area contributed by atoms with Crippen molar-refractivity contribution in [3.63, 3.8) is 0 Å². The summed E-state index contributed by atoms with van der Waals surface area (Å²) in [5.41, 5.74) is 0. The molecule has 1 saturated heterocycles. The standard InChI is InChI=1S/C12H17BrN4O/c1-9-15-10(13)8-11(16-9)14-5-4-12(18)17-6-2-3-7-17/h8H,2-7H2,1H3,(H,14,15,16). The van der Waals surface area contributed by atoms with Crippen LogP contribution in [0, 0.1) is 6.92 Å². The Morgan fingerprint density at radius 1 is 1.44 bits per heavy atom. The molecule has 0 bridgehead atoms. The van der Waals surface area contributed by atoms with Gasteiger partial charge in [-0.2, -0.15) is 0 Å². The summed E-state index contributed by atoms with van der Waals surface area (Å²) in [5, 5.41) is 3.15. The highest BCUT2D eigenvalue weighted by Crippen LogP contribution is 2.12. The van der Waals surface area contributed by atoms with Gasteiger partial charge in [-0.25, -0.2) is 9.97 Å². The van der Waals surface area contributed by atoms with Crippen molar-refractivity contribution in [3.8, 4) is 0 Å². The summed E-state index contributed by atoms with van der Waals surface area (Å²) in [6.45, 7) is 4.28. The number of anilines is 1. The molecule has 5 nitrogen and oxygen atoms in total. The van der Waals surface area contributed by atoms with Crippen LogP contribution in [0.1, 0.15) is 25.1 Å². The van der Waals surface area contributed by atoms with E-state index in [1.54, 1.807) is 0 Å². The van der Waals surface area contributed by atoms with Crippen molar-refractivity contribution in [1.82, 2.24) is 14.9 Å². The Morgan fingerprint density at radius 2 is 2.17 bits per heavy atom. The van der Waals surface area contributed by atoms with Crippen molar-refractivity contribution >= 4 is 27.7 Å². The van der Waals surface area contributed by atoms with E-state index in [1.165, 1.54) is 0 Å². The van der Waals surface area contributed by atoms with Gasteiger partial charge in [-0.15, -0.1) is 0 Å². The lowest BCUT2D eigenvalue weighted by Crippen LogP contribution is -2.29. The summed E-state index contributed by atoms with van der Waals surface area (Å²) in [6, 6.07) is 1.81. The fourth-order valence-electron chi connectivity index (χ4n) is 2.04. The van der Waals surface area contributed by atoms with Crippen molar-refractivity contribution in [1.29, 1.82) is 0 Å². The largest absolute Gasteiger partial charge is 0.369 e. The Morgan fingerprint density at radius 3 is 2.83 bits per heavy atom. The molecule has 1 aromatic rings. The van der Waals surface area contributed by atoms with Gasteiger partial charge < -0.3 is 10.2 Å². The number of halogens is 1. The van der Waals surface area contributed by atoms with E-state index in [-0.39, 0.29) is 5.91 Å². The van der Waals surface area contributed by atoms with Crippen LogP contribution in [0.3, 0.4) is 0 Å². The van der Waals surface area contributed by atoms with Gasteiger partial charge in [-0.05, 0) is 35.7 Å². The lowest BCUT2D eigenvalue weighted by molar-refractivity contribution is -0.129. The van der Waals surface area contributed by atoms with Gasteiger partial charge in [0.25, 0.3) is 0 Å². The van der Waals surface area contributed by atoms with Gasteiger partial charge in [0.05, 0.1) is 0 Å². The molecule has 0 saturated carbocycles. The number of hydrogen-bond acceptors (Lipinski definition) is 4. The van der Waals surface area contributed by atoms with Crippen molar-refractivity contribution < 1.29 is 4.79 Å². The average Bonchev–Trinajstić information content (AvgIpc) is 2.80. The Bertz CT molecular complexity index is 412. The molecule has 1 fully saturated rings. The van der Waals surface area contributed by atoms with Gasteiger partial charge in [0.15, 0.2) is 0 Å². The normalized spacial score (nSPS) is 14.9. The topological polar surface area (TPSA) is 58.1 Å². The van der Waals surface area contributed by atoms with E-state index in [0.29, 0.717) is 18.8 Å². The first-order valence-electron chi connectivity index (χ1n) is 6.18. The maximum absolute atomic E-state index is 11.8. The molecule has 0 aromatic carbocycles. The van der Waals surface area contributed by atoms with Crippen molar-refractivity contribution in [3.05, 3.63) is 16.5 Å². The zero-order valence-electron chi connectivity index (χ0n) is 10.4. The van der Waals surface area contributed by atoms with E-state index in [4.69, 9.17) is 0 Å². The molecule has 0 atom stereocenters. The SMILES string of the molecule is Cc1nc(Br)cc(NCCC(=O)N2CCCC2)n1. The molecular formula is C12H17BrN4O. The van der Waals surface area contributed by atoms with Gasteiger partial charge in [0.2, 0.25) is 5.91 Å². The van der Waals surface area contributed by atoms with Crippen molar-refractivity contribution in [2.24, 2.45) is 0 Å². The second kappa shape index (κ2) is 6.13. The molecule has 2 rings (SSSR count). The van der Waals surface area contributed by atoms with E-state index >= 15 is 0 Å². The second-order valence-corrected chi connectivity index (χ2v) is 5.20. The fourth-order valence-corrected chi connectivity index (χ4v) is 2.52. The first-order chi connectivity index (χ1) is 8.65. The van der Waals surface area contributed by atoms with Gasteiger partial charge in [0.1, 0.15) is 16.2 Å². The minimum atomic E-state index is 0.227. The fraction of sp³-hybridized carbons (Fsp3) is 0.583. The number of nitrogens with zero attached hydrogens (tertiary/aromatic N) is 3. The molecule has 1 aromatic heterocycles. The third-order valence-corrected chi connectivity index (χ3v) is 3.32. The Labute approximate surface area is 115 Å². The van der Waals surface area contributed by atoms with E-state index < -0.39 is 0 Å². The van der Waals surface area contributed by atoms with Gasteiger partial charge >= 0.3 is 0 Å². The van der Waals surface area contributed by atoms with E-state index in [9.17, 15) is 4.79 Å². The van der Waals surface area contributed by atoms with Crippen LogP contribution in [-0.2, 0) is 4.79 Å². The third-order valence-electron chi connectivity index (χ3n) is 2.91. The van der Waals surface area contributed by atoms with E-state index in [0.717, 1.165) is 36.4 Å². The number of carbonyl (C=O) groups is 1. The van der Waals surface area contributed by atoms with Crippen molar-refractivity contribution in [2.75, 3.05) is 25.0 Å². The summed E-state index contributed by atoms with van der Waals surface area (Å²) < 4.78 is 0.753. The summed E-state index contributed by atoms with van der Waals surface area (Å²) in [6.07, 6.45) is 2.79. The minimum absolute atomic E-state index is 0.227. The van der Waals surface area contributed by atoms with Crippen LogP contribution < -0.4 is 5.32 Å². The monoisotopic (exact) mass is 312 g/mol. The Kier molecular flexibility index (Phi) is 4.52. The number of carbonyl (C=O) groups excluding carboxylic acids is 1. The minimum Gasteiger partial charge on any atom is -0.369 e. The molecule has 6 heteroatoms. The maximum atomic E-state index is 11.8. The Balaban J connectivity index is 1.79. The molecule has 0 spiro atoms. The molecule has 1 amide bonds. The van der Waals surface area contributed by atoms with Gasteiger partial charge in [-0.1, -0.05) is 0 Å². The Hall–Kier alpha value is -1.17. The predicted molar refractivity (Wildman–Crippen MR) is 73.4 cm³/mol. The molecule has 18 heavy (non-hydrogen) atoms. The van der Waals surface area contributed by atoms with Crippen LogP contribution in [0.2, 0.25) is 0 Å². The lowest BCUT2D eigenvalue weighted by atomic mass is 10.3. The van der Waals surface area contributed by atoms with Crippen LogP contribution in [0.25, 0.3) is 0 Å². The molecular weight excluding hydrogens is 296 g/mol. The lowest BCUT2D eigenvalue weighted by Gasteiger charge is -2.15. The summed E-state index contributed by atoms with van der Waals surface area (Å²) >= 11 is 3.32. The van der Waals surface area contributed by atoms with Crippen LogP contribution in [0.5, 0.6) is 0 Å². The average molecular weight is 313 g/mol. The zero-order valence-corrected chi connectivity index (χ0v) is 12.0. The van der Waals surface area contributed by atoms with Gasteiger partial charge in [0, 0.05) is 32.1 Å². The van der Waals surface area contributed by atoms with Crippen LogP contribution in [0.4, 0.5) is 5.82 Å². The molecule has 0 radical (unpaired) electrons. The number of aromatic nitrogens is 2. The number of likely N-dealkylation sites (tertiary alicyclic amines) is 1. The number of aryl methyl sites for hydroxylation is 1. The number of rotatable bonds is 4. The quantitative estimate of drug-likeness (QED) is 0.864. The molecule has 1 aliphatic heterocycles. The van der Waals surface area contributed by atoms with Crippen molar-refractivity contribution in [2.45, 2.75) is 26.2 Å². The maximum Gasteiger partial charge on any atom is 0.224 e. The van der Waals surface area contributed by atoms with Crippen LogP contribution in [0.15, 0.2) is 10.7 Å². The molecule has 98 valence electrons. The molecule has 1 N–H and O–H groups in total. The number of hydrogen-bond donors (Lipinski definition) is 1. The summed E-state index contributed by atoms with van der Waals surface area (Å²) in [4.78, 5) is 22.1. The molecule has 2 heterocycles. The molecule has 0 unspecified atom stereocenters. The summed E-state index contributed by atoms with van der Waals surface area (Å²) in [7, 11) is 0. The molecule has 1 aliphatic rings. The van der Waals surface area contributed by atoms with Crippen LogP contribution >= 0.6 is 15.9 Å². The van der Waals surface area contributed by atoms with Crippen LogP contribution in [-0.4, -0.2) is 40.4 Å². The van der Waals surface area contributed by atoms with Gasteiger partial charge in [-0.3, -0.25) is 4.79 Å². The summed E-state index contributed by atoms with van der Waals surface area (Å²) in [5.74, 6) is 1.69. The highest BCUT2D eigenvalue weighted by atomic mass is 79.9. The molecule has 0 aliphatic carbocycles. The third kappa shape index (κ3) is 3.66. The smallest absolute Gasteiger partial charge is 0.224 e. The first kappa shape index (κ1) is 13.3. The number of nitrogens with one attached hydrogen (secondary N) is 1.